The van der Waals surface area contributed by atoms with Crippen LogP contribution in [0.25, 0.3) is 0 Å². The van der Waals surface area contributed by atoms with Gasteiger partial charge < -0.3 is 5.32 Å². The number of para-hydroxylation sites is 2. The summed E-state index contributed by atoms with van der Waals surface area (Å²) in [6, 6.07) is 35.1. The quantitative estimate of drug-likeness (QED) is 0.359. The van der Waals surface area contributed by atoms with Crippen LogP contribution in [0.2, 0.25) is 0 Å². The summed E-state index contributed by atoms with van der Waals surface area (Å²) in [7, 11) is -0.845. The Morgan fingerprint density at radius 2 is 1.16 bits per heavy atom. The minimum atomic E-state index is -0.845. The van der Waals surface area contributed by atoms with E-state index in [0.29, 0.717) is 0 Å². The molecule has 0 unspecified atom stereocenters. The number of nitrogens with zero attached hydrogens (tertiary/aromatic N) is 1. The molecule has 0 amide bonds. The van der Waals surface area contributed by atoms with Gasteiger partial charge in [-0.05, 0) is 60.6 Å². The van der Waals surface area contributed by atoms with Crippen molar-refractivity contribution in [1.29, 1.82) is 0 Å². The van der Waals surface area contributed by atoms with E-state index in [1.54, 1.807) is 0 Å². The van der Waals surface area contributed by atoms with E-state index in [4.69, 9.17) is 4.99 Å². The third kappa shape index (κ3) is 4.38. The minimum Gasteiger partial charge on any atom is -0.339 e. The second kappa shape index (κ2) is 9.10. The number of fused-ring (bicyclic) bond motifs is 2. The van der Waals surface area contributed by atoms with Gasteiger partial charge in [0.15, 0.2) is 0 Å². The van der Waals surface area contributed by atoms with E-state index >= 15 is 0 Å². The second-order valence-electron chi connectivity index (χ2n) is 8.35. The molecule has 1 heterocycles. The monoisotopic (exact) mass is 434 g/mol. The van der Waals surface area contributed by atoms with Gasteiger partial charge in [0.1, 0.15) is 5.58 Å². The zero-order valence-corrected chi connectivity index (χ0v) is 19.4. The Morgan fingerprint density at radius 3 is 1.81 bits per heavy atom. The number of benzene rings is 4. The Hall–Kier alpha value is -3.22. The van der Waals surface area contributed by atoms with Crippen LogP contribution in [-0.2, 0) is 12.8 Å². The van der Waals surface area contributed by atoms with E-state index in [2.05, 4.69) is 116 Å². The van der Waals surface area contributed by atoms with Gasteiger partial charge in [-0.3, -0.25) is 0 Å². The highest BCUT2D eigenvalue weighted by atomic mass is 31.1. The van der Waals surface area contributed by atoms with Gasteiger partial charge in [-0.2, -0.15) is 0 Å². The first-order chi connectivity index (χ1) is 15.7. The molecule has 0 fully saturated rings. The number of anilines is 1. The molecule has 0 bridgehead atoms. The van der Waals surface area contributed by atoms with Crippen molar-refractivity contribution in [3.05, 3.63) is 119 Å². The maximum absolute atomic E-state index is 5.29. The highest BCUT2D eigenvalue weighted by molar-refractivity contribution is 7.88. The molecule has 158 valence electrons. The fraction of sp³-hybridized carbons (Fsp3) is 0.138. The fourth-order valence-electron chi connectivity index (χ4n) is 4.11. The summed E-state index contributed by atoms with van der Waals surface area (Å²) in [4.78, 5) is 5.29. The standard InChI is InChI=1S/C29H27N2P/c1-21-11-17-25(18-12-21)32(26-19-13-22(2)14-20-26)29-30-27-9-5-3-7-23(27)15-16-24-8-4-6-10-28(24)31-29/h3-14,17-20H,15-16H2,1-2H3,(H,30,31). The lowest BCUT2D eigenvalue weighted by atomic mass is 10.0. The van der Waals surface area contributed by atoms with Crippen molar-refractivity contribution in [2.75, 3.05) is 5.32 Å². The Balaban J connectivity index is 1.72. The molecule has 32 heavy (non-hydrogen) atoms. The zero-order chi connectivity index (χ0) is 21.9. The molecule has 2 nitrogen and oxygen atoms in total. The van der Waals surface area contributed by atoms with Crippen LogP contribution in [0.4, 0.5) is 11.4 Å². The maximum Gasteiger partial charge on any atom is 0.138 e. The van der Waals surface area contributed by atoms with Crippen molar-refractivity contribution in [1.82, 2.24) is 0 Å². The summed E-state index contributed by atoms with van der Waals surface area (Å²) in [6.07, 6.45) is 1.98. The Bertz CT molecular complexity index is 1210. The predicted molar refractivity (Wildman–Crippen MR) is 140 cm³/mol. The molecule has 4 aromatic rings. The summed E-state index contributed by atoms with van der Waals surface area (Å²) in [5, 5.41) is 6.39. The normalized spacial score (nSPS) is 13.2. The molecular formula is C29H27N2P. The van der Waals surface area contributed by atoms with Gasteiger partial charge in [0, 0.05) is 13.6 Å². The molecule has 1 aliphatic rings. The number of rotatable bonds is 3. The summed E-state index contributed by atoms with van der Waals surface area (Å²) in [5.74, 6) is 0. The highest BCUT2D eigenvalue weighted by Crippen LogP contribution is 2.39. The molecule has 3 heteroatoms. The predicted octanol–water partition coefficient (Wildman–Crippen LogP) is 6.63. The van der Waals surface area contributed by atoms with Crippen molar-refractivity contribution in [3.63, 3.8) is 0 Å². The van der Waals surface area contributed by atoms with Crippen LogP contribution in [0.1, 0.15) is 22.3 Å². The number of hydrogen-bond donors (Lipinski definition) is 1. The zero-order valence-electron chi connectivity index (χ0n) is 18.5. The fourth-order valence-corrected chi connectivity index (χ4v) is 6.23. The van der Waals surface area contributed by atoms with E-state index in [-0.39, 0.29) is 0 Å². The van der Waals surface area contributed by atoms with Crippen molar-refractivity contribution in [3.8, 4) is 0 Å². The number of aliphatic imine (C=N–C) groups is 1. The van der Waals surface area contributed by atoms with Crippen molar-refractivity contribution < 1.29 is 0 Å². The Labute approximate surface area is 191 Å². The SMILES string of the molecule is Cc1ccc(P(C2=Nc3ccccc3CCc3ccccc3N2)c2ccc(C)cc2)cc1. The number of hydrogen-bond acceptors (Lipinski definition) is 2. The molecule has 1 N–H and O–H groups in total. The first kappa shape index (κ1) is 20.7. The molecule has 5 rings (SSSR count). The molecule has 0 atom stereocenters. The van der Waals surface area contributed by atoms with Gasteiger partial charge in [0.2, 0.25) is 0 Å². The number of amidine groups is 1. The molecular weight excluding hydrogens is 407 g/mol. The molecule has 0 aliphatic carbocycles. The Kier molecular flexibility index (Phi) is 5.88. The minimum absolute atomic E-state index is 0.845. The molecule has 4 aromatic carbocycles. The van der Waals surface area contributed by atoms with Crippen molar-refractivity contribution in [2.24, 2.45) is 4.99 Å². The van der Waals surface area contributed by atoms with Gasteiger partial charge >= 0.3 is 0 Å². The molecule has 0 aromatic heterocycles. The first-order valence-electron chi connectivity index (χ1n) is 11.1. The average molecular weight is 435 g/mol. The van der Waals surface area contributed by atoms with E-state index < -0.39 is 7.92 Å². The van der Waals surface area contributed by atoms with Gasteiger partial charge in [0.25, 0.3) is 0 Å². The number of aryl methyl sites for hydroxylation is 4. The van der Waals surface area contributed by atoms with E-state index in [0.717, 1.165) is 29.8 Å². The average Bonchev–Trinajstić information content (AvgIpc) is 2.89. The Morgan fingerprint density at radius 1 is 0.625 bits per heavy atom. The molecule has 0 radical (unpaired) electrons. The highest BCUT2D eigenvalue weighted by Gasteiger charge is 2.23. The molecule has 0 saturated carbocycles. The van der Waals surface area contributed by atoms with Gasteiger partial charge in [-0.15, -0.1) is 0 Å². The van der Waals surface area contributed by atoms with Crippen LogP contribution in [-0.4, -0.2) is 5.58 Å². The topological polar surface area (TPSA) is 24.4 Å². The van der Waals surface area contributed by atoms with Crippen LogP contribution >= 0.6 is 7.92 Å². The molecule has 1 aliphatic heterocycles. The lowest BCUT2D eigenvalue weighted by Crippen LogP contribution is -2.24. The van der Waals surface area contributed by atoms with Gasteiger partial charge in [0.05, 0.1) is 5.69 Å². The largest absolute Gasteiger partial charge is 0.339 e. The third-order valence-electron chi connectivity index (χ3n) is 5.94. The van der Waals surface area contributed by atoms with Crippen LogP contribution < -0.4 is 15.9 Å². The smallest absolute Gasteiger partial charge is 0.138 e. The molecule has 0 spiro atoms. The van der Waals surface area contributed by atoms with Gasteiger partial charge in [-0.1, -0.05) is 96.1 Å². The summed E-state index contributed by atoms with van der Waals surface area (Å²) < 4.78 is 0. The van der Waals surface area contributed by atoms with Crippen molar-refractivity contribution in [2.45, 2.75) is 26.7 Å². The van der Waals surface area contributed by atoms with Crippen LogP contribution in [0.5, 0.6) is 0 Å². The van der Waals surface area contributed by atoms with E-state index in [1.807, 2.05) is 0 Å². The third-order valence-corrected chi connectivity index (χ3v) is 8.21. The van der Waals surface area contributed by atoms with E-state index in [1.165, 1.54) is 32.9 Å². The summed E-state index contributed by atoms with van der Waals surface area (Å²) in [5.41, 5.74) is 8.42. The van der Waals surface area contributed by atoms with Crippen LogP contribution in [0.3, 0.4) is 0 Å². The lowest BCUT2D eigenvalue weighted by Gasteiger charge is -2.23. The maximum atomic E-state index is 5.29. The van der Waals surface area contributed by atoms with Crippen molar-refractivity contribution >= 4 is 35.5 Å². The summed E-state index contributed by atoms with van der Waals surface area (Å²) >= 11 is 0. The van der Waals surface area contributed by atoms with Gasteiger partial charge in [-0.25, -0.2) is 4.99 Å². The molecule has 0 saturated heterocycles. The lowest BCUT2D eigenvalue weighted by molar-refractivity contribution is 0.964. The second-order valence-corrected chi connectivity index (χ2v) is 10.5. The first-order valence-corrected chi connectivity index (χ1v) is 12.5. The summed E-state index contributed by atoms with van der Waals surface area (Å²) in [6.45, 7) is 4.28. The van der Waals surface area contributed by atoms with E-state index in [9.17, 15) is 0 Å². The van der Waals surface area contributed by atoms with Crippen LogP contribution in [0.15, 0.2) is 102 Å². The van der Waals surface area contributed by atoms with Crippen LogP contribution in [0, 0.1) is 13.8 Å². The number of nitrogens with one attached hydrogen (secondary N) is 1.